The molecule has 33 heavy (non-hydrogen) atoms. The molecule has 0 radical (unpaired) electrons. The molecule has 4 aromatic carbocycles. The van der Waals surface area contributed by atoms with Crippen LogP contribution in [0.15, 0.2) is 83.9 Å². The molecule has 2 aliphatic carbocycles. The first kappa shape index (κ1) is 19.8. The van der Waals surface area contributed by atoms with Crippen LogP contribution in [-0.2, 0) is 12.8 Å². The highest BCUT2D eigenvalue weighted by Gasteiger charge is 2.21. The fourth-order valence-corrected chi connectivity index (χ4v) is 5.27. The van der Waals surface area contributed by atoms with Crippen molar-refractivity contribution in [2.24, 2.45) is 10.7 Å². The van der Waals surface area contributed by atoms with Gasteiger partial charge in [0, 0.05) is 11.1 Å². The van der Waals surface area contributed by atoms with Crippen LogP contribution in [0.25, 0.3) is 22.9 Å². The minimum Gasteiger partial charge on any atom is -0.370 e. The van der Waals surface area contributed by atoms with Crippen LogP contribution in [0.2, 0.25) is 0 Å². The maximum Gasteiger partial charge on any atom is 0.193 e. The van der Waals surface area contributed by atoms with Crippen LogP contribution in [0.5, 0.6) is 0 Å². The van der Waals surface area contributed by atoms with Gasteiger partial charge >= 0.3 is 0 Å². The number of aryl methyl sites for hydroxylation is 1. The molecular weight excluding hydrogens is 402 g/mol. The fourth-order valence-electron chi connectivity index (χ4n) is 5.27. The Labute approximate surface area is 194 Å². The minimum absolute atomic E-state index is 0.0930. The normalized spacial score (nSPS) is 16.7. The van der Waals surface area contributed by atoms with E-state index in [0.29, 0.717) is 5.96 Å². The maximum absolute atomic E-state index is 6.46. The zero-order valence-electron chi connectivity index (χ0n) is 18.6. The van der Waals surface area contributed by atoms with Gasteiger partial charge in [-0.05, 0) is 70.5 Å². The molecule has 1 atom stereocenters. The Bertz CT molecular complexity index is 1390. The third kappa shape index (κ3) is 3.80. The van der Waals surface area contributed by atoms with Gasteiger partial charge in [0.15, 0.2) is 5.96 Å². The number of fused-ring (bicyclic) bond motifs is 1. The fraction of sp³-hybridized carbons (Fsp3) is 0.167. The molecule has 0 fully saturated rings. The van der Waals surface area contributed by atoms with Crippen LogP contribution >= 0.6 is 0 Å². The summed E-state index contributed by atoms with van der Waals surface area (Å²) in [6.45, 7) is 0. The second kappa shape index (κ2) is 8.25. The summed E-state index contributed by atoms with van der Waals surface area (Å²) >= 11 is 0. The van der Waals surface area contributed by atoms with Crippen molar-refractivity contribution in [3.8, 4) is 0 Å². The first-order valence-electron chi connectivity index (χ1n) is 11.7. The Morgan fingerprint density at radius 2 is 1.73 bits per heavy atom. The summed E-state index contributed by atoms with van der Waals surface area (Å²) < 4.78 is 0. The SMILES string of the molecule is NC(=NC1CCCc2ccc(Cc3ccccc3)cc21)Nc1ccc2c3c(cccc13)C=C2. The van der Waals surface area contributed by atoms with Crippen molar-refractivity contribution in [2.45, 2.75) is 31.7 Å². The van der Waals surface area contributed by atoms with Crippen LogP contribution in [0.4, 0.5) is 5.69 Å². The first-order chi connectivity index (χ1) is 16.2. The first-order valence-corrected chi connectivity index (χ1v) is 11.7. The third-order valence-corrected chi connectivity index (χ3v) is 6.85. The molecule has 2 aliphatic rings. The van der Waals surface area contributed by atoms with Crippen molar-refractivity contribution in [3.05, 3.63) is 112 Å². The number of hydrogen-bond acceptors (Lipinski definition) is 1. The highest BCUT2D eigenvalue weighted by molar-refractivity contribution is 6.11. The lowest BCUT2D eigenvalue weighted by molar-refractivity contribution is 0.571. The topological polar surface area (TPSA) is 50.4 Å². The van der Waals surface area contributed by atoms with Crippen LogP contribution in [0, 0.1) is 0 Å². The zero-order valence-corrected chi connectivity index (χ0v) is 18.6. The Morgan fingerprint density at radius 1 is 0.879 bits per heavy atom. The van der Waals surface area contributed by atoms with Gasteiger partial charge in [0.05, 0.1) is 6.04 Å². The molecule has 3 heteroatoms. The van der Waals surface area contributed by atoms with Gasteiger partial charge in [0.2, 0.25) is 0 Å². The summed E-state index contributed by atoms with van der Waals surface area (Å²) in [5, 5.41) is 5.86. The molecule has 3 N–H and O–H groups in total. The summed E-state index contributed by atoms with van der Waals surface area (Å²) in [5.41, 5.74) is 15.4. The number of rotatable bonds is 4. The highest BCUT2D eigenvalue weighted by Crippen LogP contribution is 2.36. The van der Waals surface area contributed by atoms with Gasteiger partial charge in [-0.3, -0.25) is 0 Å². The zero-order chi connectivity index (χ0) is 22.2. The van der Waals surface area contributed by atoms with Gasteiger partial charge in [-0.1, -0.05) is 84.9 Å². The molecule has 4 aromatic rings. The van der Waals surface area contributed by atoms with E-state index in [1.165, 1.54) is 44.2 Å². The van der Waals surface area contributed by atoms with Crippen molar-refractivity contribution in [3.63, 3.8) is 0 Å². The van der Waals surface area contributed by atoms with Crippen LogP contribution < -0.4 is 11.1 Å². The Hall–Kier alpha value is -3.85. The van der Waals surface area contributed by atoms with Crippen molar-refractivity contribution in [1.82, 2.24) is 0 Å². The summed E-state index contributed by atoms with van der Waals surface area (Å²) in [5.74, 6) is 0.480. The number of nitrogens with two attached hydrogens (primary N) is 1. The smallest absolute Gasteiger partial charge is 0.193 e. The minimum atomic E-state index is 0.0930. The Morgan fingerprint density at radius 3 is 2.61 bits per heavy atom. The number of anilines is 1. The number of hydrogen-bond donors (Lipinski definition) is 2. The molecule has 6 rings (SSSR count). The molecule has 1 unspecified atom stereocenters. The van der Waals surface area contributed by atoms with E-state index >= 15 is 0 Å². The molecule has 162 valence electrons. The standard InChI is InChI=1S/C30H27N3/c31-30(33-28-17-16-24-15-14-23-9-4-10-25(28)29(23)24)32-27-11-5-8-22-13-12-21(19-26(22)27)18-20-6-2-1-3-7-20/h1-4,6-7,9-10,12-17,19,27H,5,8,11,18H2,(H3,31,32,33). The van der Waals surface area contributed by atoms with Gasteiger partial charge in [-0.2, -0.15) is 0 Å². The highest BCUT2D eigenvalue weighted by atomic mass is 15.1. The lowest BCUT2D eigenvalue weighted by Crippen LogP contribution is -2.24. The van der Waals surface area contributed by atoms with Gasteiger partial charge in [-0.25, -0.2) is 4.99 Å². The van der Waals surface area contributed by atoms with E-state index in [1.807, 2.05) is 0 Å². The number of nitrogens with zero attached hydrogens (tertiary/aromatic N) is 1. The molecule has 0 spiro atoms. The molecule has 0 heterocycles. The van der Waals surface area contributed by atoms with Crippen molar-refractivity contribution < 1.29 is 0 Å². The third-order valence-electron chi connectivity index (χ3n) is 6.85. The molecule has 0 bridgehead atoms. The summed E-state index contributed by atoms with van der Waals surface area (Å²) in [6.07, 6.45) is 8.56. The van der Waals surface area contributed by atoms with E-state index in [2.05, 4.69) is 96.3 Å². The molecule has 3 nitrogen and oxygen atoms in total. The van der Waals surface area contributed by atoms with E-state index < -0.39 is 0 Å². The lowest BCUT2D eigenvalue weighted by Gasteiger charge is -2.24. The van der Waals surface area contributed by atoms with Gasteiger partial charge in [-0.15, -0.1) is 0 Å². The van der Waals surface area contributed by atoms with Crippen molar-refractivity contribution in [1.29, 1.82) is 0 Å². The summed E-state index contributed by atoms with van der Waals surface area (Å²) in [7, 11) is 0. The number of benzene rings is 4. The van der Waals surface area contributed by atoms with E-state index in [-0.39, 0.29) is 6.04 Å². The molecule has 0 aromatic heterocycles. The predicted molar refractivity (Wildman–Crippen MR) is 139 cm³/mol. The quantitative estimate of drug-likeness (QED) is 0.246. The predicted octanol–water partition coefficient (Wildman–Crippen LogP) is 6.72. The van der Waals surface area contributed by atoms with Gasteiger partial charge in [0.25, 0.3) is 0 Å². The largest absolute Gasteiger partial charge is 0.370 e. The van der Waals surface area contributed by atoms with E-state index in [0.717, 1.165) is 31.4 Å². The Balaban J connectivity index is 1.28. The van der Waals surface area contributed by atoms with Gasteiger partial charge in [0.1, 0.15) is 0 Å². The van der Waals surface area contributed by atoms with Crippen LogP contribution in [0.3, 0.4) is 0 Å². The molecule has 0 saturated heterocycles. The second-order valence-electron chi connectivity index (χ2n) is 9.05. The molecule has 0 saturated carbocycles. The van der Waals surface area contributed by atoms with E-state index in [9.17, 15) is 0 Å². The number of aliphatic imine (C=N–C) groups is 1. The molecule has 0 aliphatic heterocycles. The Kier molecular flexibility index (Phi) is 4.95. The maximum atomic E-state index is 6.46. The number of nitrogens with one attached hydrogen (secondary N) is 1. The average Bonchev–Trinajstić information content (AvgIpc) is 3.26. The lowest BCUT2D eigenvalue weighted by atomic mass is 9.86. The van der Waals surface area contributed by atoms with Crippen LogP contribution in [-0.4, -0.2) is 5.96 Å². The summed E-state index contributed by atoms with van der Waals surface area (Å²) in [6, 6.07) is 28.3. The van der Waals surface area contributed by atoms with Gasteiger partial charge < -0.3 is 11.1 Å². The molecule has 0 amide bonds. The second-order valence-corrected chi connectivity index (χ2v) is 9.05. The number of guanidine groups is 1. The molecular formula is C30H27N3. The monoisotopic (exact) mass is 429 g/mol. The van der Waals surface area contributed by atoms with Crippen LogP contribution in [0.1, 0.15) is 52.3 Å². The van der Waals surface area contributed by atoms with Crippen molar-refractivity contribution >= 4 is 34.6 Å². The summed E-state index contributed by atoms with van der Waals surface area (Å²) in [4.78, 5) is 4.96. The van der Waals surface area contributed by atoms with Crippen molar-refractivity contribution in [2.75, 3.05) is 5.32 Å². The van der Waals surface area contributed by atoms with E-state index in [4.69, 9.17) is 10.7 Å². The average molecular weight is 430 g/mol. The van der Waals surface area contributed by atoms with E-state index in [1.54, 1.807) is 0 Å².